The molecule has 0 bridgehead atoms. The summed E-state index contributed by atoms with van der Waals surface area (Å²) in [7, 11) is 3.10. The Labute approximate surface area is 111 Å². The molecule has 0 aliphatic carbocycles. The van der Waals surface area contributed by atoms with E-state index in [0.29, 0.717) is 30.2 Å². The number of methoxy groups -OCH3 is 2. The van der Waals surface area contributed by atoms with Gasteiger partial charge in [-0.15, -0.1) is 0 Å². The number of ether oxygens (including phenoxy) is 2. The number of rotatable bonds is 5. The molecule has 0 saturated carbocycles. The molecule has 104 valence electrons. The smallest absolute Gasteiger partial charge is 0.317 e. The number of benzene rings is 1. The minimum atomic E-state index is -0.747. The Hall–Kier alpha value is -1.95. The highest BCUT2D eigenvalue weighted by molar-refractivity contribution is 5.76. The number of nitrogens with zero attached hydrogens (tertiary/aromatic N) is 1. The maximum Gasteiger partial charge on any atom is 0.317 e. The summed E-state index contributed by atoms with van der Waals surface area (Å²) in [6.07, 6.45) is -0.747. The van der Waals surface area contributed by atoms with Gasteiger partial charge < -0.3 is 24.8 Å². The first kappa shape index (κ1) is 13.5. The first-order chi connectivity index (χ1) is 9.15. The third-order valence-corrected chi connectivity index (χ3v) is 3.13. The first-order valence-corrected chi connectivity index (χ1v) is 6.08. The number of aliphatic hydroxyl groups excluding tert-OH is 1. The Morgan fingerprint density at radius 1 is 1.37 bits per heavy atom. The highest BCUT2D eigenvalue weighted by Crippen LogP contribution is 2.30. The summed E-state index contributed by atoms with van der Waals surface area (Å²) in [5.41, 5.74) is 0.692. The van der Waals surface area contributed by atoms with Gasteiger partial charge in [-0.25, -0.2) is 4.79 Å². The highest BCUT2D eigenvalue weighted by Gasteiger charge is 2.23. The van der Waals surface area contributed by atoms with Gasteiger partial charge in [0, 0.05) is 13.1 Å². The zero-order valence-corrected chi connectivity index (χ0v) is 11.0. The van der Waals surface area contributed by atoms with Crippen LogP contribution in [0.3, 0.4) is 0 Å². The molecule has 0 spiro atoms. The Kier molecular flexibility index (Phi) is 4.11. The minimum Gasteiger partial charge on any atom is -0.493 e. The fourth-order valence-corrected chi connectivity index (χ4v) is 2.06. The van der Waals surface area contributed by atoms with E-state index in [4.69, 9.17) is 9.47 Å². The molecule has 1 fully saturated rings. The van der Waals surface area contributed by atoms with Gasteiger partial charge in [-0.2, -0.15) is 0 Å². The van der Waals surface area contributed by atoms with Gasteiger partial charge in [0.15, 0.2) is 11.5 Å². The van der Waals surface area contributed by atoms with Crippen molar-refractivity contribution in [3.63, 3.8) is 0 Å². The van der Waals surface area contributed by atoms with E-state index in [0.717, 1.165) is 0 Å². The molecular weight excluding hydrogens is 248 g/mol. The summed E-state index contributed by atoms with van der Waals surface area (Å²) >= 11 is 0. The average Bonchev–Trinajstić information content (AvgIpc) is 2.83. The number of hydrogen-bond donors (Lipinski definition) is 2. The van der Waals surface area contributed by atoms with Gasteiger partial charge in [-0.05, 0) is 17.7 Å². The molecule has 1 atom stereocenters. The lowest BCUT2D eigenvalue weighted by atomic mass is 10.1. The summed E-state index contributed by atoms with van der Waals surface area (Å²) in [6.45, 7) is 1.50. The van der Waals surface area contributed by atoms with Crippen LogP contribution in [0.1, 0.15) is 11.7 Å². The molecule has 6 nitrogen and oxygen atoms in total. The van der Waals surface area contributed by atoms with Crippen LogP contribution in [0.4, 0.5) is 4.79 Å². The molecule has 2 N–H and O–H groups in total. The predicted molar refractivity (Wildman–Crippen MR) is 69.5 cm³/mol. The van der Waals surface area contributed by atoms with E-state index in [1.165, 1.54) is 0 Å². The monoisotopic (exact) mass is 266 g/mol. The molecule has 1 aromatic rings. The zero-order chi connectivity index (χ0) is 13.8. The minimum absolute atomic E-state index is 0.139. The zero-order valence-electron chi connectivity index (χ0n) is 11.0. The van der Waals surface area contributed by atoms with Gasteiger partial charge in [-0.3, -0.25) is 0 Å². The number of carbonyl (C=O) groups is 1. The van der Waals surface area contributed by atoms with Gasteiger partial charge in [0.05, 0.1) is 26.9 Å². The van der Waals surface area contributed by atoms with Gasteiger partial charge >= 0.3 is 6.03 Å². The lowest BCUT2D eigenvalue weighted by Crippen LogP contribution is -2.32. The summed E-state index contributed by atoms with van der Waals surface area (Å²) in [5.74, 6) is 1.17. The number of hydrogen-bond acceptors (Lipinski definition) is 4. The second kappa shape index (κ2) is 5.79. The van der Waals surface area contributed by atoms with E-state index in [2.05, 4.69) is 5.32 Å². The number of carbonyl (C=O) groups excluding carboxylic acids is 1. The second-order valence-electron chi connectivity index (χ2n) is 4.31. The van der Waals surface area contributed by atoms with Gasteiger partial charge in [-0.1, -0.05) is 6.07 Å². The van der Waals surface area contributed by atoms with Crippen molar-refractivity contribution in [2.45, 2.75) is 6.10 Å². The lowest BCUT2D eigenvalue weighted by Gasteiger charge is -2.19. The first-order valence-electron chi connectivity index (χ1n) is 6.08. The Bertz CT molecular complexity index is 464. The normalized spacial score (nSPS) is 16.2. The van der Waals surface area contributed by atoms with Crippen LogP contribution >= 0.6 is 0 Å². The third kappa shape index (κ3) is 2.90. The maximum atomic E-state index is 11.4. The van der Waals surface area contributed by atoms with Crippen LogP contribution in [0.2, 0.25) is 0 Å². The SMILES string of the molecule is COc1ccc(C(O)CN2CCNC2=O)cc1OC. The molecule has 1 heterocycles. The van der Waals surface area contributed by atoms with Crippen molar-refractivity contribution in [2.75, 3.05) is 33.9 Å². The van der Waals surface area contributed by atoms with Gasteiger partial charge in [0.1, 0.15) is 0 Å². The van der Waals surface area contributed by atoms with Crippen LogP contribution in [0.25, 0.3) is 0 Å². The molecule has 1 aliphatic rings. The molecule has 19 heavy (non-hydrogen) atoms. The molecular formula is C13H18N2O4. The van der Waals surface area contributed by atoms with Crippen LogP contribution in [0, 0.1) is 0 Å². The van der Waals surface area contributed by atoms with Crippen molar-refractivity contribution in [1.82, 2.24) is 10.2 Å². The second-order valence-corrected chi connectivity index (χ2v) is 4.31. The fraction of sp³-hybridized carbons (Fsp3) is 0.462. The lowest BCUT2D eigenvalue weighted by molar-refractivity contribution is 0.132. The Morgan fingerprint density at radius 2 is 2.11 bits per heavy atom. The van der Waals surface area contributed by atoms with Crippen molar-refractivity contribution in [2.24, 2.45) is 0 Å². The third-order valence-electron chi connectivity index (χ3n) is 3.13. The molecule has 1 aromatic carbocycles. The van der Waals surface area contributed by atoms with Crippen LogP contribution < -0.4 is 14.8 Å². The van der Waals surface area contributed by atoms with E-state index in [9.17, 15) is 9.90 Å². The number of urea groups is 1. The average molecular weight is 266 g/mol. The number of β-amino-alcohol motifs (C(OH)–C–C–N with tert-alkyl or cyclic N) is 1. The van der Waals surface area contributed by atoms with Crippen LogP contribution in [0.15, 0.2) is 18.2 Å². The highest BCUT2D eigenvalue weighted by atomic mass is 16.5. The van der Waals surface area contributed by atoms with E-state index in [1.807, 2.05) is 0 Å². The molecule has 1 unspecified atom stereocenters. The van der Waals surface area contributed by atoms with Crippen LogP contribution in [-0.4, -0.2) is 49.9 Å². The van der Waals surface area contributed by atoms with Crippen molar-refractivity contribution >= 4 is 6.03 Å². The van der Waals surface area contributed by atoms with Gasteiger partial charge in [0.25, 0.3) is 0 Å². The topological polar surface area (TPSA) is 71.0 Å². The van der Waals surface area contributed by atoms with Crippen molar-refractivity contribution in [1.29, 1.82) is 0 Å². The predicted octanol–water partition coefficient (Wildman–Crippen LogP) is 0.762. The largest absolute Gasteiger partial charge is 0.493 e. The van der Waals surface area contributed by atoms with E-state index < -0.39 is 6.10 Å². The number of aliphatic hydroxyl groups is 1. The molecule has 0 radical (unpaired) electrons. The quantitative estimate of drug-likeness (QED) is 0.825. The number of nitrogens with one attached hydrogen (secondary N) is 1. The molecule has 1 aliphatic heterocycles. The molecule has 1 saturated heterocycles. The van der Waals surface area contributed by atoms with Gasteiger partial charge in [0.2, 0.25) is 0 Å². The summed E-state index contributed by atoms with van der Waals surface area (Å²) in [5, 5.41) is 12.9. The van der Waals surface area contributed by atoms with Crippen LogP contribution in [0.5, 0.6) is 11.5 Å². The van der Waals surface area contributed by atoms with E-state index in [1.54, 1.807) is 37.3 Å². The maximum absolute atomic E-state index is 11.4. The standard InChI is InChI=1S/C13H18N2O4/c1-18-11-4-3-9(7-12(11)19-2)10(16)8-15-6-5-14-13(15)17/h3-4,7,10,16H,5-6,8H2,1-2H3,(H,14,17). The fourth-order valence-electron chi connectivity index (χ4n) is 2.06. The Balaban J connectivity index is 2.10. The van der Waals surface area contributed by atoms with E-state index >= 15 is 0 Å². The van der Waals surface area contributed by atoms with Crippen molar-refractivity contribution in [3.05, 3.63) is 23.8 Å². The molecule has 2 rings (SSSR count). The molecule has 2 amide bonds. The summed E-state index contributed by atoms with van der Waals surface area (Å²) in [6, 6.07) is 5.08. The summed E-state index contributed by atoms with van der Waals surface area (Å²) < 4.78 is 10.3. The summed E-state index contributed by atoms with van der Waals surface area (Å²) in [4.78, 5) is 13.0. The number of amides is 2. The van der Waals surface area contributed by atoms with E-state index in [-0.39, 0.29) is 12.6 Å². The molecule has 0 aromatic heterocycles. The Morgan fingerprint density at radius 3 is 2.68 bits per heavy atom. The van der Waals surface area contributed by atoms with Crippen molar-refractivity contribution < 1.29 is 19.4 Å². The molecule has 6 heteroatoms. The van der Waals surface area contributed by atoms with Crippen molar-refractivity contribution in [3.8, 4) is 11.5 Å². The van der Waals surface area contributed by atoms with Crippen LogP contribution in [-0.2, 0) is 0 Å².